The van der Waals surface area contributed by atoms with E-state index in [1.54, 1.807) is 0 Å². The molecule has 0 saturated carbocycles. The zero-order valence-electron chi connectivity index (χ0n) is 12.9. The van der Waals surface area contributed by atoms with Crippen LogP contribution in [0, 0.1) is 0 Å². The normalized spacial score (nSPS) is 11.7. The lowest BCUT2D eigenvalue weighted by atomic mass is 9.95. The van der Waals surface area contributed by atoms with Crippen molar-refractivity contribution in [1.82, 2.24) is 19.7 Å². The quantitative estimate of drug-likeness (QED) is 0.930. The molecule has 0 saturated heterocycles. The van der Waals surface area contributed by atoms with Gasteiger partial charge >= 0.3 is 0 Å². The molecule has 2 rings (SSSR count). The SMILES string of the molecule is CCNc1cc(-c2cnn(CC)c2)nc(C(C)(C)C)n1. The fourth-order valence-electron chi connectivity index (χ4n) is 1.87. The van der Waals surface area contributed by atoms with Crippen LogP contribution in [0.15, 0.2) is 18.5 Å². The predicted octanol–water partition coefficient (Wildman–Crippen LogP) is 3.09. The summed E-state index contributed by atoms with van der Waals surface area (Å²) in [5, 5.41) is 7.59. The van der Waals surface area contributed by atoms with E-state index in [4.69, 9.17) is 4.98 Å². The molecule has 0 aliphatic carbocycles. The van der Waals surface area contributed by atoms with Gasteiger partial charge in [-0.1, -0.05) is 20.8 Å². The Morgan fingerprint density at radius 2 is 1.95 bits per heavy atom. The van der Waals surface area contributed by atoms with Gasteiger partial charge in [-0.25, -0.2) is 9.97 Å². The maximum atomic E-state index is 4.70. The molecule has 2 aromatic heterocycles. The van der Waals surface area contributed by atoms with Gasteiger partial charge < -0.3 is 5.32 Å². The van der Waals surface area contributed by atoms with E-state index in [2.05, 4.69) is 50.0 Å². The molecule has 0 unspecified atom stereocenters. The molecule has 1 N–H and O–H groups in total. The first-order valence-electron chi connectivity index (χ1n) is 7.10. The van der Waals surface area contributed by atoms with Gasteiger partial charge in [0.15, 0.2) is 0 Å². The first kappa shape index (κ1) is 14.5. The molecule has 20 heavy (non-hydrogen) atoms. The molecule has 108 valence electrons. The second-order valence-corrected chi connectivity index (χ2v) is 5.83. The van der Waals surface area contributed by atoms with Crippen LogP contribution in [-0.2, 0) is 12.0 Å². The molecule has 0 aromatic carbocycles. The molecule has 0 atom stereocenters. The topological polar surface area (TPSA) is 55.6 Å². The summed E-state index contributed by atoms with van der Waals surface area (Å²) in [6.07, 6.45) is 3.87. The number of hydrogen-bond donors (Lipinski definition) is 1. The van der Waals surface area contributed by atoms with Gasteiger partial charge in [0.25, 0.3) is 0 Å². The van der Waals surface area contributed by atoms with Crippen LogP contribution in [0.25, 0.3) is 11.3 Å². The fourth-order valence-corrected chi connectivity index (χ4v) is 1.87. The number of rotatable bonds is 4. The van der Waals surface area contributed by atoms with Gasteiger partial charge in [-0.2, -0.15) is 5.10 Å². The average Bonchev–Trinajstić information content (AvgIpc) is 2.86. The van der Waals surface area contributed by atoms with Gasteiger partial charge in [0.1, 0.15) is 11.6 Å². The largest absolute Gasteiger partial charge is 0.370 e. The van der Waals surface area contributed by atoms with Crippen molar-refractivity contribution in [3.05, 3.63) is 24.3 Å². The van der Waals surface area contributed by atoms with E-state index < -0.39 is 0 Å². The Kier molecular flexibility index (Phi) is 4.06. The molecule has 2 aromatic rings. The lowest BCUT2D eigenvalue weighted by molar-refractivity contribution is 0.546. The molecule has 0 aliphatic heterocycles. The third-order valence-corrected chi connectivity index (χ3v) is 3.01. The number of nitrogens with zero attached hydrogens (tertiary/aromatic N) is 4. The van der Waals surface area contributed by atoms with E-state index in [9.17, 15) is 0 Å². The van der Waals surface area contributed by atoms with Crippen molar-refractivity contribution in [2.75, 3.05) is 11.9 Å². The molecular weight excluding hydrogens is 250 g/mol. The zero-order valence-corrected chi connectivity index (χ0v) is 12.9. The highest BCUT2D eigenvalue weighted by atomic mass is 15.3. The van der Waals surface area contributed by atoms with Crippen molar-refractivity contribution in [1.29, 1.82) is 0 Å². The molecule has 0 radical (unpaired) electrons. The van der Waals surface area contributed by atoms with Crippen molar-refractivity contribution in [2.24, 2.45) is 0 Å². The minimum atomic E-state index is -0.0824. The maximum Gasteiger partial charge on any atom is 0.136 e. The summed E-state index contributed by atoms with van der Waals surface area (Å²) in [5.41, 5.74) is 1.86. The van der Waals surface area contributed by atoms with Crippen LogP contribution < -0.4 is 5.32 Å². The van der Waals surface area contributed by atoms with Crippen molar-refractivity contribution in [2.45, 2.75) is 46.6 Å². The number of hydrogen-bond acceptors (Lipinski definition) is 4. The second-order valence-electron chi connectivity index (χ2n) is 5.83. The summed E-state index contributed by atoms with van der Waals surface area (Å²) in [4.78, 5) is 9.30. The minimum Gasteiger partial charge on any atom is -0.370 e. The molecule has 0 fully saturated rings. The van der Waals surface area contributed by atoms with Gasteiger partial charge in [0.05, 0.1) is 11.9 Å². The summed E-state index contributed by atoms with van der Waals surface area (Å²) >= 11 is 0. The number of anilines is 1. The third-order valence-electron chi connectivity index (χ3n) is 3.01. The Morgan fingerprint density at radius 3 is 2.50 bits per heavy atom. The third kappa shape index (κ3) is 3.15. The van der Waals surface area contributed by atoms with Crippen LogP contribution in [-0.4, -0.2) is 26.3 Å². The second kappa shape index (κ2) is 5.61. The smallest absolute Gasteiger partial charge is 0.136 e. The van der Waals surface area contributed by atoms with E-state index in [0.29, 0.717) is 0 Å². The molecule has 5 heteroatoms. The fraction of sp³-hybridized carbons (Fsp3) is 0.533. The lowest BCUT2D eigenvalue weighted by Gasteiger charge is -2.18. The van der Waals surface area contributed by atoms with E-state index in [1.807, 2.05) is 23.1 Å². The molecule has 0 bridgehead atoms. The van der Waals surface area contributed by atoms with Gasteiger partial charge in [0.2, 0.25) is 0 Å². The lowest BCUT2D eigenvalue weighted by Crippen LogP contribution is -2.17. The highest BCUT2D eigenvalue weighted by molar-refractivity contribution is 5.61. The molecule has 0 aliphatic rings. The predicted molar refractivity (Wildman–Crippen MR) is 81.8 cm³/mol. The molecule has 0 amide bonds. The molecule has 2 heterocycles. The Hall–Kier alpha value is -1.91. The van der Waals surface area contributed by atoms with Crippen molar-refractivity contribution in [3.8, 4) is 11.3 Å². The zero-order chi connectivity index (χ0) is 14.8. The first-order valence-corrected chi connectivity index (χ1v) is 7.10. The van der Waals surface area contributed by atoms with Gasteiger partial charge in [-0.05, 0) is 13.8 Å². The summed E-state index contributed by atoms with van der Waals surface area (Å²) in [6, 6.07) is 1.98. The molecule has 5 nitrogen and oxygen atoms in total. The van der Waals surface area contributed by atoms with E-state index >= 15 is 0 Å². The molecular formula is C15H23N5. The van der Waals surface area contributed by atoms with Gasteiger partial charge in [0, 0.05) is 36.3 Å². The average molecular weight is 273 g/mol. The van der Waals surface area contributed by atoms with Crippen LogP contribution in [0.1, 0.15) is 40.4 Å². The van der Waals surface area contributed by atoms with E-state index in [0.717, 1.165) is 36.0 Å². The first-order chi connectivity index (χ1) is 9.44. The van der Waals surface area contributed by atoms with Crippen LogP contribution in [0.4, 0.5) is 5.82 Å². The van der Waals surface area contributed by atoms with Crippen LogP contribution >= 0.6 is 0 Å². The van der Waals surface area contributed by atoms with E-state index in [1.165, 1.54) is 0 Å². The number of nitrogens with one attached hydrogen (secondary N) is 1. The highest BCUT2D eigenvalue weighted by Gasteiger charge is 2.19. The Morgan fingerprint density at radius 1 is 1.20 bits per heavy atom. The van der Waals surface area contributed by atoms with Crippen molar-refractivity contribution < 1.29 is 0 Å². The molecule has 0 spiro atoms. The van der Waals surface area contributed by atoms with Crippen LogP contribution in [0.2, 0.25) is 0 Å². The minimum absolute atomic E-state index is 0.0824. The van der Waals surface area contributed by atoms with Crippen LogP contribution in [0.5, 0.6) is 0 Å². The number of aryl methyl sites for hydroxylation is 1. The van der Waals surface area contributed by atoms with Crippen molar-refractivity contribution >= 4 is 5.82 Å². The van der Waals surface area contributed by atoms with Crippen LogP contribution in [0.3, 0.4) is 0 Å². The van der Waals surface area contributed by atoms with E-state index in [-0.39, 0.29) is 5.41 Å². The Bertz CT molecular complexity index is 580. The summed E-state index contributed by atoms with van der Waals surface area (Å²) in [7, 11) is 0. The number of aromatic nitrogens is 4. The standard InChI is InChI=1S/C15H23N5/c1-6-16-13-8-12(11-9-17-20(7-2)10-11)18-14(19-13)15(3,4)5/h8-10H,6-7H2,1-5H3,(H,16,18,19). The summed E-state index contributed by atoms with van der Waals surface area (Å²) < 4.78 is 1.90. The summed E-state index contributed by atoms with van der Waals surface area (Å²) in [6.45, 7) is 12.2. The van der Waals surface area contributed by atoms with Gasteiger partial charge in [-0.15, -0.1) is 0 Å². The van der Waals surface area contributed by atoms with Crippen molar-refractivity contribution in [3.63, 3.8) is 0 Å². The Balaban J connectivity index is 2.48. The monoisotopic (exact) mass is 273 g/mol. The highest BCUT2D eigenvalue weighted by Crippen LogP contribution is 2.25. The maximum absolute atomic E-state index is 4.70. The Labute approximate surface area is 120 Å². The van der Waals surface area contributed by atoms with Gasteiger partial charge in [-0.3, -0.25) is 4.68 Å². The summed E-state index contributed by atoms with van der Waals surface area (Å²) in [5.74, 6) is 1.71.